The smallest absolute Gasteiger partial charge is 0.220 e. The number of amides is 1. The third-order valence-electron chi connectivity index (χ3n) is 3.01. The first-order chi connectivity index (χ1) is 8.70. The molecule has 1 amide bonds. The van der Waals surface area contributed by atoms with Crippen molar-refractivity contribution >= 4 is 5.91 Å². The summed E-state index contributed by atoms with van der Waals surface area (Å²) in [5, 5.41) is 2.97. The van der Waals surface area contributed by atoms with Gasteiger partial charge in [-0.2, -0.15) is 0 Å². The minimum Gasteiger partial charge on any atom is -0.356 e. The number of nitrogens with one attached hydrogen (secondary N) is 1. The zero-order chi connectivity index (χ0) is 14.2. The molecule has 0 rings (SSSR count). The van der Waals surface area contributed by atoms with Crippen LogP contribution >= 0.6 is 0 Å². The molecule has 3 heteroatoms. The zero-order valence-electron chi connectivity index (χ0n) is 12.9. The Hall–Kier alpha value is -0.570. The first-order valence-electron chi connectivity index (χ1n) is 7.67. The van der Waals surface area contributed by atoms with Crippen molar-refractivity contribution in [3.05, 3.63) is 0 Å². The average molecular weight is 262 g/mol. The summed E-state index contributed by atoms with van der Waals surface area (Å²) < 4.78 is 0. The molecule has 0 aromatic rings. The molecule has 1 unspecified atom stereocenters. The quantitative estimate of drug-likeness (QED) is 0.585. The Morgan fingerprint density at radius 3 is 2.39 bits per heavy atom. The summed E-state index contributed by atoms with van der Waals surface area (Å²) in [6, 6.07) is 0. The zero-order valence-corrected chi connectivity index (χ0v) is 12.9. The minimum atomic E-state index is 0. The van der Waals surface area contributed by atoms with Crippen LogP contribution < -0.4 is 11.1 Å². The summed E-state index contributed by atoms with van der Waals surface area (Å²) in [6.07, 6.45) is 7.37. The van der Waals surface area contributed by atoms with E-state index in [1.165, 1.54) is 12.8 Å². The molecule has 0 fully saturated rings. The lowest BCUT2D eigenvalue weighted by atomic mass is 10.0. The normalized spacial score (nSPS) is 11.4. The van der Waals surface area contributed by atoms with Crippen molar-refractivity contribution in [1.82, 2.24) is 5.32 Å². The van der Waals surface area contributed by atoms with Crippen LogP contribution in [0, 0.1) is 5.92 Å². The van der Waals surface area contributed by atoms with Crippen LogP contribution in [0.5, 0.6) is 0 Å². The molecule has 3 N–H and O–H groups in total. The molecule has 1 atom stereocenters. The van der Waals surface area contributed by atoms with Gasteiger partial charge in [0.1, 0.15) is 0 Å². The molecule has 0 aliphatic heterocycles. The second-order valence-electron chi connectivity index (χ2n) is 4.60. The second-order valence-corrected chi connectivity index (χ2v) is 4.60. The predicted molar refractivity (Wildman–Crippen MR) is 84.8 cm³/mol. The molecular weight excluding hydrogens is 224 g/mol. The number of rotatable bonds is 10. The maximum Gasteiger partial charge on any atom is 0.220 e. The van der Waals surface area contributed by atoms with Crippen molar-refractivity contribution in [2.24, 2.45) is 11.7 Å². The lowest BCUT2D eigenvalue weighted by molar-refractivity contribution is -0.121. The summed E-state index contributed by atoms with van der Waals surface area (Å²) in [6.45, 7) is 9.96. The van der Waals surface area contributed by atoms with E-state index in [1.54, 1.807) is 0 Å². The first-order valence-corrected chi connectivity index (χ1v) is 7.67. The van der Waals surface area contributed by atoms with Gasteiger partial charge in [-0.15, -0.1) is 0 Å². The van der Waals surface area contributed by atoms with E-state index in [9.17, 15) is 4.79 Å². The molecule has 18 heavy (non-hydrogen) atoms. The van der Waals surface area contributed by atoms with Gasteiger partial charge in [0, 0.05) is 15.8 Å². The number of carbonyl (C=O) groups is 1. The molecule has 0 saturated carbocycles. The van der Waals surface area contributed by atoms with Gasteiger partial charge in [-0.1, -0.05) is 47.0 Å². The number of hydrogen-bond acceptors (Lipinski definition) is 2. The molecule has 0 aliphatic rings. The lowest BCUT2D eigenvalue weighted by Gasteiger charge is -2.08. The van der Waals surface area contributed by atoms with Crippen LogP contribution in [0.4, 0.5) is 0 Å². The minimum absolute atomic E-state index is 0. The molecule has 0 radical (unpaired) electrons. The van der Waals surface area contributed by atoms with E-state index in [0.29, 0.717) is 12.3 Å². The van der Waals surface area contributed by atoms with Crippen molar-refractivity contribution in [3.63, 3.8) is 0 Å². The van der Waals surface area contributed by atoms with Gasteiger partial charge >= 0.3 is 0 Å². The Kier molecular flexibility index (Phi) is 18.0. The average Bonchev–Trinajstić information content (AvgIpc) is 2.42. The largest absolute Gasteiger partial charge is 0.356 e. The summed E-state index contributed by atoms with van der Waals surface area (Å²) in [5.74, 6) is 0.870. The molecule has 0 saturated heterocycles. The molecule has 0 bridgehead atoms. The molecular formula is C15H38N2O. The third-order valence-corrected chi connectivity index (χ3v) is 3.01. The Labute approximate surface area is 117 Å². The standard InChI is InChI=1S/C13H28N2O.C2H6.2H2/c1-3-12(2)8-9-13(16)15-11-7-5-4-6-10-14;1-2;;/h12H,3-11,14H2,1-2H3,(H,15,16);1-2H3;2*1H. The number of hydrogen-bond donors (Lipinski definition) is 2. The van der Waals surface area contributed by atoms with Crippen LogP contribution in [0.1, 0.15) is 75.5 Å². The van der Waals surface area contributed by atoms with Crippen LogP contribution in [-0.4, -0.2) is 19.0 Å². The molecule has 3 nitrogen and oxygen atoms in total. The Bertz CT molecular complexity index is 181. The van der Waals surface area contributed by atoms with Crippen LogP contribution in [-0.2, 0) is 4.79 Å². The van der Waals surface area contributed by atoms with E-state index in [1.807, 2.05) is 13.8 Å². The van der Waals surface area contributed by atoms with Crippen molar-refractivity contribution in [2.75, 3.05) is 13.1 Å². The summed E-state index contributed by atoms with van der Waals surface area (Å²) in [5.41, 5.74) is 5.40. The van der Waals surface area contributed by atoms with Crippen molar-refractivity contribution in [3.8, 4) is 0 Å². The van der Waals surface area contributed by atoms with Crippen LogP contribution in [0.3, 0.4) is 0 Å². The van der Waals surface area contributed by atoms with Gasteiger partial charge in [0.25, 0.3) is 0 Å². The van der Waals surface area contributed by atoms with Crippen molar-refractivity contribution in [2.45, 2.75) is 72.6 Å². The third kappa shape index (κ3) is 15.4. The lowest BCUT2D eigenvalue weighted by Crippen LogP contribution is -2.24. The predicted octanol–water partition coefficient (Wildman–Crippen LogP) is 3.97. The van der Waals surface area contributed by atoms with Crippen LogP contribution in [0.25, 0.3) is 0 Å². The monoisotopic (exact) mass is 262 g/mol. The number of carbonyl (C=O) groups excluding carboxylic acids is 1. The van der Waals surface area contributed by atoms with Crippen molar-refractivity contribution in [1.29, 1.82) is 0 Å². The van der Waals surface area contributed by atoms with E-state index in [2.05, 4.69) is 19.2 Å². The topological polar surface area (TPSA) is 55.1 Å². The molecule has 0 spiro atoms. The fraction of sp³-hybridized carbons (Fsp3) is 0.933. The van der Waals surface area contributed by atoms with E-state index in [0.717, 1.165) is 38.8 Å². The highest BCUT2D eigenvalue weighted by molar-refractivity contribution is 5.75. The van der Waals surface area contributed by atoms with Crippen LogP contribution in [0.15, 0.2) is 0 Å². The van der Waals surface area contributed by atoms with E-state index >= 15 is 0 Å². The first kappa shape index (κ1) is 19.8. The summed E-state index contributed by atoms with van der Waals surface area (Å²) in [7, 11) is 0. The highest BCUT2D eigenvalue weighted by atomic mass is 16.1. The molecule has 0 aliphatic carbocycles. The van der Waals surface area contributed by atoms with Gasteiger partial charge in [-0.25, -0.2) is 0 Å². The Balaban J connectivity index is -0.000000304. The number of unbranched alkanes of at least 4 members (excludes halogenated alkanes) is 3. The van der Waals surface area contributed by atoms with Crippen LogP contribution in [0.2, 0.25) is 0 Å². The summed E-state index contributed by atoms with van der Waals surface area (Å²) in [4.78, 5) is 11.4. The fourth-order valence-corrected chi connectivity index (χ4v) is 1.52. The Morgan fingerprint density at radius 1 is 1.22 bits per heavy atom. The van der Waals surface area contributed by atoms with Gasteiger partial charge in [0.2, 0.25) is 5.91 Å². The molecule has 114 valence electrons. The van der Waals surface area contributed by atoms with Gasteiger partial charge in [0.15, 0.2) is 0 Å². The van der Waals surface area contributed by atoms with E-state index in [4.69, 9.17) is 5.73 Å². The second kappa shape index (κ2) is 16.4. The number of nitrogens with two attached hydrogens (primary N) is 1. The van der Waals surface area contributed by atoms with Crippen molar-refractivity contribution < 1.29 is 7.65 Å². The fourth-order valence-electron chi connectivity index (χ4n) is 1.52. The molecule has 0 aromatic carbocycles. The Morgan fingerprint density at radius 2 is 1.83 bits per heavy atom. The molecule has 0 aromatic heterocycles. The van der Waals surface area contributed by atoms with E-state index < -0.39 is 0 Å². The van der Waals surface area contributed by atoms with E-state index in [-0.39, 0.29) is 8.76 Å². The van der Waals surface area contributed by atoms with Gasteiger partial charge < -0.3 is 11.1 Å². The summed E-state index contributed by atoms with van der Waals surface area (Å²) >= 11 is 0. The van der Waals surface area contributed by atoms with Gasteiger partial charge in [-0.3, -0.25) is 4.79 Å². The highest BCUT2D eigenvalue weighted by Crippen LogP contribution is 2.08. The maximum atomic E-state index is 11.4. The SMILES string of the molecule is CC.CCC(C)CCC(=O)NCCCCCCN.[HH].[HH]. The highest BCUT2D eigenvalue weighted by Gasteiger charge is 2.04. The van der Waals surface area contributed by atoms with Gasteiger partial charge in [0.05, 0.1) is 0 Å². The molecule has 0 heterocycles. The maximum absolute atomic E-state index is 11.4. The van der Waals surface area contributed by atoms with Gasteiger partial charge in [-0.05, 0) is 31.7 Å².